The molecule has 0 aromatic heterocycles. The minimum absolute atomic E-state index is 0.0623. The number of quaternary nitrogens is 1. The zero-order chi connectivity index (χ0) is 52.7. The second kappa shape index (κ2) is 54.3. The Kier molecular flexibility index (Phi) is 53.1. The number of hydrogen-bond acceptors (Lipinski definition) is 5. The molecule has 1 amide bonds. The first kappa shape index (κ1) is 70.5. The second-order valence-electron chi connectivity index (χ2n) is 22.4. The van der Waals surface area contributed by atoms with Crippen LogP contribution >= 0.6 is 7.82 Å². The van der Waals surface area contributed by atoms with Gasteiger partial charge in [-0.05, 0) is 57.8 Å². The first-order valence-corrected chi connectivity index (χ1v) is 32.5. The molecule has 0 aliphatic rings. The van der Waals surface area contributed by atoms with Crippen LogP contribution in [0.15, 0.2) is 48.6 Å². The molecule has 0 aromatic rings. The molecule has 3 N–H and O–H groups in total. The number of rotatable bonds is 57. The van der Waals surface area contributed by atoms with Gasteiger partial charge in [0.25, 0.3) is 0 Å². The van der Waals surface area contributed by atoms with Gasteiger partial charge in [0.1, 0.15) is 13.2 Å². The summed E-state index contributed by atoms with van der Waals surface area (Å²) in [5, 5.41) is 13.9. The average Bonchev–Trinajstić information content (AvgIpc) is 3.34. The summed E-state index contributed by atoms with van der Waals surface area (Å²) in [5.41, 5.74) is 0. The minimum Gasteiger partial charge on any atom is -0.387 e. The van der Waals surface area contributed by atoms with E-state index in [1.807, 2.05) is 27.2 Å². The minimum atomic E-state index is -4.35. The molecule has 0 saturated carbocycles. The molecule has 0 aliphatic heterocycles. The number of phosphoric acid groups is 1. The maximum atomic E-state index is 13.0. The van der Waals surface area contributed by atoms with Gasteiger partial charge in [-0.15, -0.1) is 0 Å². The van der Waals surface area contributed by atoms with E-state index in [4.69, 9.17) is 9.05 Å². The van der Waals surface area contributed by atoms with Gasteiger partial charge in [-0.3, -0.25) is 13.8 Å². The van der Waals surface area contributed by atoms with Crippen molar-refractivity contribution in [3.05, 3.63) is 48.6 Å². The highest BCUT2D eigenvalue weighted by Crippen LogP contribution is 2.43. The fourth-order valence-electron chi connectivity index (χ4n) is 9.17. The molecular weight excluding hydrogens is 912 g/mol. The molecule has 0 fully saturated rings. The molecular formula is C63H122N2O6P+. The van der Waals surface area contributed by atoms with Crippen LogP contribution in [-0.2, 0) is 18.4 Å². The van der Waals surface area contributed by atoms with Gasteiger partial charge in [-0.1, -0.05) is 281 Å². The molecule has 0 aromatic carbocycles. The van der Waals surface area contributed by atoms with Gasteiger partial charge in [0, 0.05) is 6.42 Å². The Labute approximate surface area is 448 Å². The van der Waals surface area contributed by atoms with Gasteiger partial charge < -0.3 is 19.8 Å². The van der Waals surface area contributed by atoms with E-state index in [1.54, 1.807) is 6.08 Å². The second-order valence-corrected chi connectivity index (χ2v) is 23.9. The number of carbonyl (C=O) groups excluding carboxylic acids is 1. The molecule has 424 valence electrons. The van der Waals surface area contributed by atoms with Crippen molar-refractivity contribution >= 4 is 13.7 Å². The fourth-order valence-corrected chi connectivity index (χ4v) is 9.91. The first-order valence-electron chi connectivity index (χ1n) is 31.0. The van der Waals surface area contributed by atoms with Gasteiger partial charge >= 0.3 is 7.82 Å². The standard InChI is InChI=1S/C63H121N2O6P/c1-6-8-10-12-14-16-18-20-22-24-25-26-27-28-29-30-31-32-33-34-35-36-37-38-39-41-43-45-47-49-51-53-55-57-63(67)64-61(60-71-72(68,69)70-59-58-65(3,4)5)62(66)56-54-52-50-48-46-44-42-40-23-21-19-17-15-13-11-9-7-2/h18,20,24-25,27-28,54,56,61-62,66H,6-17,19,21-23,26,29-53,55,57-60H2,1-5H3,(H-,64,67,68,69)/p+1/b20-18-,25-24-,28-27-,56-54+. The predicted molar refractivity (Wildman–Crippen MR) is 314 cm³/mol. The van der Waals surface area contributed by atoms with Crippen LogP contribution in [0, 0.1) is 0 Å². The molecule has 0 radical (unpaired) electrons. The lowest BCUT2D eigenvalue weighted by molar-refractivity contribution is -0.870. The summed E-state index contributed by atoms with van der Waals surface area (Å²) in [5.74, 6) is -0.173. The SMILES string of the molecule is CCCCCCC/C=C\C/C=C\C/C=C\CCCCCCCCCCCCCCCCCCCCC(=O)NC(COP(=O)(O)OCC[N+](C)(C)C)C(O)/C=C/CCCCCCCCCCCCCCCCC. The van der Waals surface area contributed by atoms with Gasteiger partial charge in [0.05, 0.1) is 39.9 Å². The average molecular weight is 1030 g/mol. The number of carbonyl (C=O) groups is 1. The molecule has 3 atom stereocenters. The Balaban J connectivity index is 4.05. The van der Waals surface area contributed by atoms with Gasteiger partial charge in [-0.25, -0.2) is 4.57 Å². The van der Waals surface area contributed by atoms with Gasteiger partial charge in [0.2, 0.25) is 5.91 Å². The normalized spacial score (nSPS) is 14.2. The third kappa shape index (κ3) is 56.2. The van der Waals surface area contributed by atoms with Crippen LogP contribution in [0.3, 0.4) is 0 Å². The zero-order valence-corrected chi connectivity index (χ0v) is 49.3. The quantitative estimate of drug-likeness (QED) is 0.0243. The number of likely N-dealkylation sites (N-methyl/N-ethyl adjacent to an activating group) is 1. The summed E-state index contributed by atoms with van der Waals surface area (Å²) in [7, 11) is 1.58. The molecule has 8 nitrogen and oxygen atoms in total. The summed E-state index contributed by atoms with van der Waals surface area (Å²) in [6.45, 7) is 4.84. The van der Waals surface area contributed by atoms with Gasteiger partial charge in [0.15, 0.2) is 0 Å². The number of aliphatic hydroxyl groups is 1. The van der Waals surface area contributed by atoms with Gasteiger partial charge in [-0.2, -0.15) is 0 Å². The topological polar surface area (TPSA) is 105 Å². The van der Waals surface area contributed by atoms with E-state index < -0.39 is 20.0 Å². The molecule has 72 heavy (non-hydrogen) atoms. The smallest absolute Gasteiger partial charge is 0.387 e. The Morgan fingerprint density at radius 1 is 0.472 bits per heavy atom. The third-order valence-corrected chi connectivity index (χ3v) is 15.0. The van der Waals surface area contributed by atoms with E-state index in [2.05, 4.69) is 55.6 Å². The maximum Gasteiger partial charge on any atom is 0.472 e. The predicted octanol–water partition coefficient (Wildman–Crippen LogP) is 19.1. The summed E-state index contributed by atoms with van der Waals surface area (Å²) in [6.07, 6.45) is 72.2. The van der Waals surface area contributed by atoms with Crippen molar-refractivity contribution in [3.8, 4) is 0 Å². The molecule has 3 unspecified atom stereocenters. The van der Waals surface area contributed by atoms with Crippen molar-refractivity contribution in [2.24, 2.45) is 0 Å². The number of nitrogens with zero attached hydrogens (tertiary/aromatic N) is 1. The maximum absolute atomic E-state index is 13.0. The van der Waals surface area contributed by atoms with E-state index in [0.29, 0.717) is 17.4 Å². The highest BCUT2D eigenvalue weighted by Gasteiger charge is 2.27. The van der Waals surface area contributed by atoms with Crippen molar-refractivity contribution in [1.29, 1.82) is 0 Å². The van der Waals surface area contributed by atoms with Crippen LogP contribution < -0.4 is 5.32 Å². The van der Waals surface area contributed by atoms with Crippen molar-refractivity contribution in [1.82, 2.24) is 5.32 Å². The summed E-state index contributed by atoms with van der Waals surface area (Å²) in [6, 6.07) is -0.846. The van der Waals surface area contributed by atoms with Crippen molar-refractivity contribution in [2.75, 3.05) is 40.9 Å². The first-order chi connectivity index (χ1) is 35.0. The van der Waals surface area contributed by atoms with Crippen molar-refractivity contribution in [3.63, 3.8) is 0 Å². The van der Waals surface area contributed by atoms with Crippen LogP contribution in [0.4, 0.5) is 0 Å². The Morgan fingerprint density at radius 3 is 1.15 bits per heavy atom. The molecule has 0 spiro atoms. The van der Waals surface area contributed by atoms with Crippen molar-refractivity contribution < 1.29 is 32.9 Å². The zero-order valence-electron chi connectivity index (χ0n) is 48.4. The van der Waals surface area contributed by atoms with Crippen LogP contribution in [0.2, 0.25) is 0 Å². The number of unbranched alkanes of at least 4 members (excludes halogenated alkanes) is 38. The van der Waals surface area contributed by atoms with E-state index in [-0.39, 0.29) is 19.1 Å². The number of amides is 1. The van der Waals surface area contributed by atoms with Crippen LogP contribution in [0.5, 0.6) is 0 Å². The lowest BCUT2D eigenvalue weighted by Gasteiger charge is -2.25. The summed E-state index contributed by atoms with van der Waals surface area (Å²) < 4.78 is 23.7. The monoisotopic (exact) mass is 1030 g/mol. The Hall–Kier alpha value is -1.54. The van der Waals surface area contributed by atoms with E-state index in [1.165, 1.54) is 225 Å². The van der Waals surface area contributed by atoms with E-state index in [9.17, 15) is 19.4 Å². The highest BCUT2D eigenvalue weighted by atomic mass is 31.2. The number of phosphoric ester groups is 1. The molecule has 0 heterocycles. The summed E-state index contributed by atoms with van der Waals surface area (Å²) in [4.78, 5) is 23.3. The molecule has 0 rings (SSSR count). The van der Waals surface area contributed by atoms with E-state index >= 15 is 0 Å². The number of hydrogen-bond donors (Lipinski definition) is 3. The lowest BCUT2D eigenvalue weighted by atomic mass is 10.0. The number of allylic oxidation sites excluding steroid dienone is 7. The van der Waals surface area contributed by atoms with Crippen LogP contribution in [-0.4, -0.2) is 73.4 Å². The van der Waals surface area contributed by atoms with Crippen molar-refractivity contribution in [2.45, 2.75) is 309 Å². The van der Waals surface area contributed by atoms with Crippen LogP contribution in [0.1, 0.15) is 296 Å². The molecule has 9 heteroatoms. The Bertz CT molecular complexity index is 1310. The van der Waals surface area contributed by atoms with Crippen LogP contribution in [0.25, 0.3) is 0 Å². The number of aliphatic hydroxyl groups excluding tert-OH is 1. The third-order valence-electron chi connectivity index (χ3n) is 14.0. The Morgan fingerprint density at radius 2 is 0.792 bits per heavy atom. The lowest BCUT2D eigenvalue weighted by Crippen LogP contribution is -2.45. The van der Waals surface area contributed by atoms with E-state index in [0.717, 1.165) is 51.4 Å². The summed E-state index contributed by atoms with van der Waals surface area (Å²) >= 11 is 0. The molecule has 0 aliphatic carbocycles. The largest absolute Gasteiger partial charge is 0.472 e. The number of nitrogens with one attached hydrogen (secondary N) is 1. The molecule has 0 saturated heterocycles. The fraction of sp³-hybridized carbons (Fsp3) is 0.857. The highest BCUT2D eigenvalue weighted by molar-refractivity contribution is 7.47. The molecule has 0 bridgehead atoms.